The normalized spacial score (nSPS) is 16.4. The van der Waals surface area contributed by atoms with Gasteiger partial charge in [0, 0.05) is 17.6 Å². The zero-order valence-electron chi connectivity index (χ0n) is 8.19. The molecule has 3 heteroatoms. The third-order valence-corrected chi connectivity index (χ3v) is 3.31. The van der Waals surface area contributed by atoms with E-state index >= 15 is 0 Å². The molecule has 2 rings (SSSR count). The largest absolute Gasteiger partial charge is 0.371 e. The Kier molecular flexibility index (Phi) is 2.77. The van der Waals surface area contributed by atoms with Crippen LogP contribution in [0.25, 0.3) is 0 Å². The summed E-state index contributed by atoms with van der Waals surface area (Å²) in [6.45, 7) is 3.98. The van der Waals surface area contributed by atoms with Gasteiger partial charge < -0.3 is 4.90 Å². The van der Waals surface area contributed by atoms with Crippen LogP contribution in [-0.4, -0.2) is 13.1 Å². The van der Waals surface area contributed by atoms with Crippen LogP contribution < -0.4 is 4.90 Å². The van der Waals surface area contributed by atoms with Gasteiger partial charge in [-0.1, -0.05) is 0 Å². The summed E-state index contributed by atoms with van der Waals surface area (Å²) >= 11 is 3.41. The number of rotatable bonds is 1. The van der Waals surface area contributed by atoms with Gasteiger partial charge in [0.25, 0.3) is 0 Å². The Morgan fingerprint density at radius 1 is 1.29 bits per heavy atom. The number of aryl methyl sites for hydroxylation is 1. The van der Waals surface area contributed by atoms with E-state index < -0.39 is 0 Å². The quantitative estimate of drug-likeness (QED) is 0.745. The minimum atomic E-state index is -0.139. The van der Waals surface area contributed by atoms with Crippen LogP contribution in [0.15, 0.2) is 16.6 Å². The van der Waals surface area contributed by atoms with Gasteiger partial charge in [-0.25, -0.2) is 4.39 Å². The van der Waals surface area contributed by atoms with Crippen LogP contribution >= 0.6 is 15.9 Å². The molecule has 14 heavy (non-hydrogen) atoms. The Labute approximate surface area is 92.0 Å². The van der Waals surface area contributed by atoms with Crippen molar-refractivity contribution < 1.29 is 4.39 Å². The van der Waals surface area contributed by atoms with E-state index in [1.165, 1.54) is 12.8 Å². The molecule has 1 heterocycles. The van der Waals surface area contributed by atoms with Crippen molar-refractivity contribution in [3.05, 3.63) is 28.0 Å². The second-order valence-electron chi connectivity index (χ2n) is 3.75. The molecule has 0 aromatic heterocycles. The molecule has 0 radical (unpaired) electrons. The highest BCUT2D eigenvalue weighted by Crippen LogP contribution is 2.31. The van der Waals surface area contributed by atoms with E-state index in [0.29, 0.717) is 0 Å². The summed E-state index contributed by atoms with van der Waals surface area (Å²) in [6.07, 6.45) is 2.48. The standard InChI is InChI=1S/C11H13BrFN/c1-8-6-11(9(12)7-10(8)13)14-4-2-3-5-14/h6-7H,2-5H2,1H3. The molecule has 1 aromatic carbocycles. The Morgan fingerprint density at radius 3 is 2.57 bits per heavy atom. The molecule has 1 fully saturated rings. The lowest BCUT2D eigenvalue weighted by molar-refractivity contribution is 0.617. The predicted octanol–water partition coefficient (Wildman–Crippen LogP) is 3.50. The van der Waals surface area contributed by atoms with Crippen molar-refractivity contribution in [1.29, 1.82) is 0 Å². The molecule has 0 aliphatic carbocycles. The smallest absolute Gasteiger partial charge is 0.127 e. The first-order valence-corrected chi connectivity index (χ1v) is 5.68. The molecule has 1 aliphatic rings. The van der Waals surface area contributed by atoms with Gasteiger partial charge in [-0.3, -0.25) is 0 Å². The van der Waals surface area contributed by atoms with Crippen molar-refractivity contribution >= 4 is 21.6 Å². The Balaban J connectivity index is 2.37. The molecule has 1 nitrogen and oxygen atoms in total. The maximum Gasteiger partial charge on any atom is 0.127 e. The molecule has 0 bridgehead atoms. The molecule has 0 spiro atoms. The average Bonchev–Trinajstić information content (AvgIpc) is 2.64. The highest BCUT2D eigenvalue weighted by molar-refractivity contribution is 9.10. The molecular formula is C11H13BrFN. The molecule has 0 unspecified atom stereocenters. The highest BCUT2D eigenvalue weighted by Gasteiger charge is 2.16. The zero-order chi connectivity index (χ0) is 10.1. The van der Waals surface area contributed by atoms with Gasteiger partial charge in [0.15, 0.2) is 0 Å². The fourth-order valence-electron chi connectivity index (χ4n) is 1.84. The lowest BCUT2D eigenvalue weighted by atomic mass is 10.2. The van der Waals surface area contributed by atoms with E-state index in [2.05, 4.69) is 20.8 Å². The van der Waals surface area contributed by atoms with Crippen molar-refractivity contribution in [2.45, 2.75) is 19.8 Å². The molecule has 0 atom stereocenters. The molecular weight excluding hydrogens is 245 g/mol. The lowest BCUT2D eigenvalue weighted by Crippen LogP contribution is -2.18. The molecule has 0 saturated carbocycles. The molecule has 0 amide bonds. The molecule has 0 N–H and O–H groups in total. The summed E-state index contributed by atoms with van der Waals surface area (Å²) in [5.41, 5.74) is 1.84. The van der Waals surface area contributed by atoms with E-state index in [9.17, 15) is 4.39 Å². The number of nitrogens with zero attached hydrogens (tertiary/aromatic N) is 1. The Bertz CT molecular complexity index is 345. The van der Waals surface area contributed by atoms with E-state index in [0.717, 1.165) is 28.8 Å². The van der Waals surface area contributed by atoms with Crippen LogP contribution in [0.1, 0.15) is 18.4 Å². The maximum absolute atomic E-state index is 13.2. The second-order valence-corrected chi connectivity index (χ2v) is 4.60. The lowest BCUT2D eigenvalue weighted by Gasteiger charge is -2.19. The topological polar surface area (TPSA) is 3.24 Å². The van der Waals surface area contributed by atoms with Crippen LogP contribution in [0.2, 0.25) is 0 Å². The van der Waals surface area contributed by atoms with Crippen LogP contribution in [0.5, 0.6) is 0 Å². The van der Waals surface area contributed by atoms with E-state index in [4.69, 9.17) is 0 Å². The van der Waals surface area contributed by atoms with Crippen LogP contribution in [0.4, 0.5) is 10.1 Å². The summed E-state index contributed by atoms with van der Waals surface area (Å²) in [6, 6.07) is 3.48. The summed E-state index contributed by atoms with van der Waals surface area (Å²) in [5, 5.41) is 0. The first-order chi connectivity index (χ1) is 6.68. The fraction of sp³-hybridized carbons (Fsp3) is 0.455. The number of anilines is 1. The summed E-state index contributed by atoms with van der Waals surface area (Å²) in [4.78, 5) is 2.30. The number of benzene rings is 1. The van der Waals surface area contributed by atoms with Gasteiger partial charge in [0.2, 0.25) is 0 Å². The fourth-order valence-corrected chi connectivity index (χ4v) is 2.41. The average molecular weight is 258 g/mol. The number of halogens is 2. The minimum absolute atomic E-state index is 0.139. The van der Waals surface area contributed by atoms with Crippen molar-refractivity contribution in [2.24, 2.45) is 0 Å². The van der Waals surface area contributed by atoms with E-state index in [1.54, 1.807) is 13.0 Å². The van der Waals surface area contributed by atoms with E-state index in [-0.39, 0.29) is 5.82 Å². The van der Waals surface area contributed by atoms with Gasteiger partial charge in [0.1, 0.15) is 5.82 Å². The van der Waals surface area contributed by atoms with Crippen molar-refractivity contribution in [3.8, 4) is 0 Å². The Hall–Kier alpha value is -0.570. The van der Waals surface area contributed by atoms with Gasteiger partial charge in [-0.2, -0.15) is 0 Å². The van der Waals surface area contributed by atoms with Crippen molar-refractivity contribution in [1.82, 2.24) is 0 Å². The molecule has 76 valence electrons. The highest BCUT2D eigenvalue weighted by atomic mass is 79.9. The third-order valence-electron chi connectivity index (χ3n) is 2.67. The molecule has 1 saturated heterocycles. The van der Waals surface area contributed by atoms with Crippen LogP contribution in [0.3, 0.4) is 0 Å². The van der Waals surface area contributed by atoms with Crippen LogP contribution in [-0.2, 0) is 0 Å². The van der Waals surface area contributed by atoms with Gasteiger partial charge in [-0.15, -0.1) is 0 Å². The number of hydrogen-bond donors (Lipinski definition) is 0. The maximum atomic E-state index is 13.2. The third kappa shape index (κ3) is 1.78. The Morgan fingerprint density at radius 2 is 1.93 bits per heavy atom. The van der Waals surface area contributed by atoms with Gasteiger partial charge >= 0.3 is 0 Å². The van der Waals surface area contributed by atoms with E-state index in [1.807, 2.05) is 6.07 Å². The summed E-state index contributed by atoms with van der Waals surface area (Å²) < 4.78 is 14.1. The van der Waals surface area contributed by atoms with Crippen LogP contribution in [0, 0.1) is 12.7 Å². The van der Waals surface area contributed by atoms with Crippen molar-refractivity contribution in [3.63, 3.8) is 0 Å². The predicted molar refractivity (Wildman–Crippen MR) is 60.3 cm³/mol. The van der Waals surface area contributed by atoms with Gasteiger partial charge in [-0.05, 0) is 53.4 Å². The second kappa shape index (κ2) is 3.89. The summed E-state index contributed by atoms with van der Waals surface area (Å²) in [7, 11) is 0. The first kappa shape index (κ1) is 9.97. The van der Waals surface area contributed by atoms with Crippen molar-refractivity contribution in [2.75, 3.05) is 18.0 Å². The summed E-state index contributed by atoms with van der Waals surface area (Å²) in [5.74, 6) is -0.139. The van der Waals surface area contributed by atoms with Gasteiger partial charge in [0.05, 0.1) is 5.69 Å². The number of hydrogen-bond acceptors (Lipinski definition) is 1. The minimum Gasteiger partial charge on any atom is -0.371 e. The molecule has 1 aliphatic heterocycles. The molecule has 1 aromatic rings. The first-order valence-electron chi connectivity index (χ1n) is 4.89. The SMILES string of the molecule is Cc1cc(N2CCCC2)c(Br)cc1F. The zero-order valence-corrected chi connectivity index (χ0v) is 9.77. The monoisotopic (exact) mass is 257 g/mol.